The first-order valence-electron chi connectivity index (χ1n) is 20.2. The summed E-state index contributed by atoms with van der Waals surface area (Å²) in [7, 11) is 0. The zero-order chi connectivity index (χ0) is 38.4. The molecular weight excluding hydrogens is 668 g/mol. The van der Waals surface area contributed by atoms with Crippen LogP contribution in [0.5, 0.6) is 0 Å². The van der Waals surface area contributed by atoms with Crippen LogP contribution in [0.1, 0.15) is 133 Å². The number of ketones is 2. The molecule has 5 rings (SSSR count). The van der Waals surface area contributed by atoms with Gasteiger partial charge in [-0.15, -0.1) is 0 Å². The van der Waals surface area contributed by atoms with Crippen LogP contribution in [0.3, 0.4) is 0 Å². The van der Waals surface area contributed by atoms with Crippen LogP contribution in [-0.2, 0) is 38.1 Å². The lowest BCUT2D eigenvalue weighted by molar-refractivity contribution is -0.378. The molecule has 0 aromatic carbocycles. The molecule has 0 radical (unpaired) electrons. The predicted molar refractivity (Wildman–Crippen MR) is 193 cm³/mol. The van der Waals surface area contributed by atoms with Gasteiger partial charge in [0.2, 0.25) is 11.6 Å². The third-order valence-corrected chi connectivity index (χ3v) is 13.9. The lowest BCUT2D eigenvalue weighted by Crippen LogP contribution is -2.63. The van der Waals surface area contributed by atoms with Crippen LogP contribution in [0, 0.1) is 35.5 Å². The Morgan fingerprint density at radius 1 is 0.942 bits per heavy atom. The number of ether oxygens (including phenoxy) is 5. The molecule has 0 unspecified atom stereocenters. The Labute approximate surface area is 310 Å². The number of carbonyl (C=O) groups is 3. The molecular formula is C41H66O11. The van der Waals surface area contributed by atoms with Gasteiger partial charge in [0.25, 0.3) is 0 Å². The van der Waals surface area contributed by atoms with Crippen molar-refractivity contribution in [3.05, 3.63) is 12.2 Å². The van der Waals surface area contributed by atoms with E-state index in [0.29, 0.717) is 64.2 Å². The lowest BCUT2D eigenvalue weighted by atomic mass is 9.73. The molecule has 0 amide bonds. The summed E-state index contributed by atoms with van der Waals surface area (Å²) >= 11 is 0. The molecule has 3 N–H and O–H groups in total. The third-order valence-electron chi connectivity index (χ3n) is 13.9. The van der Waals surface area contributed by atoms with Gasteiger partial charge in [0.15, 0.2) is 5.79 Å². The van der Waals surface area contributed by atoms with E-state index in [0.717, 1.165) is 6.42 Å². The van der Waals surface area contributed by atoms with E-state index < -0.39 is 70.7 Å². The van der Waals surface area contributed by atoms with Gasteiger partial charge in [-0.05, 0) is 96.1 Å². The Hall–Kier alpha value is -1.73. The molecule has 4 saturated heterocycles. The van der Waals surface area contributed by atoms with Crippen molar-refractivity contribution in [3.63, 3.8) is 0 Å². The summed E-state index contributed by atoms with van der Waals surface area (Å²) in [5.41, 5.74) is -1.58. The second-order valence-corrected chi connectivity index (χ2v) is 17.2. The highest BCUT2D eigenvalue weighted by Crippen LogP contribution is 2.53. The molecule has 5 aliphatic heterocycles. The topological polar surface area (TPSA) is 158 Å². The Morgan fingerprint density at radius 2 is 1.62 bits per heavy atom. The van der Waals surface area contributed by atoms with Crippen LogP contribution < -0.4 is 0 Å². The minimum Gasteiger partial charge on any atom is -0.481 e. The highest BCUT2D eigenvalue weighted by atomic mass is 16.8. The van der Waals surface area contributed by atoms with Crippen molar-refractivity contribution in [1.29, 1.82) is 0 Å². The van der Waals surface area contributed by atoms with E-state index in [1.165, 1.54) is 6.08 Å². The van der Waals surface area contributed by atoms with Gasteiger partial charge < -0.3 is 39.0 Å². The first kappa shape index (κ1) is 41.4. The number of rotatable bonds is 12. The molecule has 16 atom stereocenters. The Bertz CT molecular complexity index is 1340. The minimum atomic E-state index is -1.64. The van der Waals surface area contributed by atoms with E-state index >= 15 is 0 Å². The van der Waals surface area contributed by atoms with Gasteiger partial charge in [-0.1, -0.05) is 48.5 Å². The molecule has 0 aromatic rings. The largest absolute Gasteiger partial charge is 0.481 e. The molecule has 4 fully saturated rings. The second-order valence-electron chi connectivity index (χ2n) is 17.2. The third kappa shape index (κ3) is 7.58. The average Bonchev–Trinajstić information content (AvgIpc) is 3.45. The first-order valence-corrected chi connectivity index (χ1v) is 20.2. The van der Waals surface area contributed by atoms with Crippen LogP contribution >= 0.6 is 0 Å². The molecule has 0 bridgehead atoms. The highest BCUT2D eigenvalue weighted by Gasteiger charge is 2.63. The number of Topliss-reactive ketones (excluding diaryl/α,β-unsaturated/α-hetero) is 1. The average molecular weight is 735 g/mol. The fraction of sp³-hybridized carbons (Fsp3) is 0.878. The molecule has 5 heterocycles. The molecule has 296 valence electrons. The van der Waals surface area contributed by atoms with Gasteiger partial charge in [0.1, 0.15) is 5.78 Å². The fourth-order valence-corrected chi connectivity index (χ4v) is 10.1. The number of hydrogen-bond donors (Lipinski definition) is 3. The fourth-order valence-electron chi connectivity index (χ4n) is 10.1. The standard InChI is InChI=1S/C41H66O11/c1-10-28(37(45)46)31-15-13-14-30(49-31)25(6)34(43)26(7)35(44)29(11-2)36-23(4)22-24(5)41(50-36)32(42)16-19-40(52-41)21-20-38(9,51-40)33-17-18-39(47,12-3)27(8)48-33/h16,19,23-31,33-34,36,43,47H,10-15,17-18,20-22H2,1-9H3,(H,45,46)/t23-,24+,25+,26-,27-,28+,29-,30+,31+,33+,34-,36-,38-,39+,40+,41+/m0/s1. The van der Waals surface area contributed by atoms with Crippen LogP contribution in [0.15, 0.2) is 12.2 Å². The quantitative estimate of drug-likeness (QED) is 0.211. The van der Waals surface area contributed by atoms with E-state index in [9.17, 15) is 29.7 Å². The lowest BCUT2D eigenvalue weighted by Gasteiger charge is -2.52. The van der Waals surface area contributed by atoms with Crippen molar-refractivity contribution in [1.82, 2.24) is 0 Å². The van der Waals surface area contributed by atoms with E-state index in [1.54, 1.807) is 13.0 Å². The summed E-state index contributed by atoms with van der Waals surface area (Å²) < 4.78 is 33.1. The number of aliphatic carboxylic acids is 1. The maximum atomic E-state index is 14.3. The monoisotopic (exact) mass is 734 g/mol. The maximum Gasteiger partial charge on any atom is 0.309 e. The Morgan fingerprint density at radius 3 is 2.23 bits per heavy atom. The van der Waals surface area contributed by atoms with Crippen molar-refractivity contribution in [2.24, 2.45) is 35.5 Å². The molecule has 5 aliphatic rings. The Balaban J connectivity index is 1.30. The summed E-state index contributed by atoms with van der Waals surface area (Å²) in [6.07, 6.45) is 6.79. The molecule has 11 nitrogen and oxygen atoms in total. The smallest absolute Gasteiger partial charge is 0.309 e. The van der Waals surface area contributed by atoms with Crippen LogP contribution in [-0.4, -0.2) is 92.3 Å². The molecule has 0 aliphatic carbocycles. The van der Waals surface area contributed by atoms with Gasteiger partial charge in [-0.25, -0.2) is 0 Å². The summed E-state index contributed by atoms with van der Waals surface area (Å²) in [6.45, 7) is 17.3. The van der Waals surface area contributed by atoms with E-state index in [2.05, 4.69) is 0 Å². The van der Waals surface area contributed by atoms with Crippen LogP contribution in [0.25, 0.3) is 0 Å². The first-order chi connectivity index (χ1) is 24.4. The second kappa shape index (κ2) is 15.8. The summed E-state index contributed by atoms with van der Waals surface area (Å²) in [6, 6.07) is 0. The highest BCUT2D eigenvalue weighted by molar-refractivity contribution is 5.97. The van der Waals surface area contributed by atoms with E-state index in [1.807, 2.05) is 55.4 Å². The van der Waals surface area contributed by atoms with Gasteiger partial charge in [0, 0.05) is 30.1 Å². The van der Waals surface area contributed by atoms with Crippen molar-refractivity contribution < 1.29 is 53.4 Å². The molecule has 2 spiro atoms. The summed E-state index contributed by atoms with van der Waals surface area (Å²) in [5.74, 6) is -6.92. The molecule has 52 heavy (non-hydrogen) atoms. The zero-order valence-corrected chi connectivity index (χ0v) is 33.0. The van der Waals surface area contributed by atoms with Crippen molar-refractivity contribution in [2.45, 2.75) is 192 Å². The SMILES string of the molecule is CC[C@@H](C(=O)[C@@H](C)[C@@H](O)[C@H](C)[C@H]1CCC[C@H]([C@@H](CC)C(=O)O)O1)[C@H]1O[C@@]2(O[C@]3(C=CC2=O)CC[C@@](C)([C@H]2CC[C@](O)(CC)[C@H](C)O2)O3)[C@H](C)C[C@@H]1C. The molecule has 0 aromatic heterocycles. The van der Waals surface area contributed by atoms with Crippen molar-refractivity contribution in [3.8, 4) is 0 Å². The predicted octanol–water partition coefficient (Wildman–Crippen LogP) is 6.15. The van der Waals surface area contributed by atoms with Crippen molar-refractivity contribution in [2.75, 3.05) is 0 Å². The number of carbonyl (C=O) groups excluding carboxylic acids is 2. The maximum absolute atomic E-state index is 14.3. The number of carboxylic acid groups (broad SMARTS) is 1. The number of carboxylic acids is 1. The van der Waals surface area contributed by atoms with Gasteiger partial charge in [-0.3, -0.25) is 14.4 Å². The molecule has 11 heteroatoms. The number of aliphatic hydroxyl groups is 2. The van der Waals surface area contributed by atoms with E-state index in [4.69, 9.17) is 23.7 Å². The summed E-state index contributed by atoms with van der Waals surface area (Å²) in [5, 5.41) is 32.3. The normalized spacial score (nSPS) is 44.0. The van der Waals surface area contributed by atoms with Crippen LogP contribution in [0.2, 0.25) is 0 Å². The van der Waals surface area contributed by atoms with Gasteiger partial charge in [-0.2, -0.15) is 0 Å². The van der Waals surface area contributed by atoms with E-state index in [-0.39, 0.29) is 41.7 Å². The number of aliphatic hydroxyl groups excluding tert-OH is 1. The Kier molecular flexibility index (Phi) is 12.6. The van der Waals surface area contributed by atoms with Crippen molar-refractivity contribution >= 4 is 17.5 Å². The summed E-state index contributed by atoms with van der Waals surface area (Å²) in [4.78, 5) is 40.1. The van der Waals surface area contributed by atoms with Gasteiger partial charge in [0.05, 0.1) is 53.7 Å². The molecule has 0 saturated carbocycles. The minimum absolute atomic E-state index is 0.0665. The van der Waals surface area contributed by atoms with Crippen LogP contribution in [0.4, 0.5) is 0 Å². The number of hydrogen-bond acceptors (Lipinski definition) is 10. The zero-order valence-electron chi connectivity index (χ0n) is 33.0. The van der Waals surface area contributed by atoms with Gasteiger partial charge >= 0.3 is 5.97 Å².